The second-order valence-electron chi connectivity index (χ2n) is 13.9. The molecule has 2 amide bonds. The van der Waals surface area contributed by atoms with E-state index >= 15 is 0 Å². The van der Waals surface area contributed by atoms with E-state index in [9.17, 15) is 22.8 Å². The van der Waals surface area contributed by atoms with Gasteiger partial charge in [-0.05, 0) is 60.6 Å². The number of aromatic nitrogens is 2. The number of hydrogen-bond acceptors (Lipinski definition) is 9. The monoisotopic (exact) mass is 778 g/mol. The van der Waals surface area contributed by atoms with Crippen molar-refractivity contribution in [3.8, 4) is 39.9 Å². The van der Waals surface area contributed by atoms with Crippen molar-refractivity contribution < 1.29 is 37.0 Å². The van der Waals surface area contributed by atoms with Crippen LogP contribution >= 0.6 is 11.6 Å². The first-order valence-corrected chi connectivity index (χ1v) is 18.7. The lowest BCUT2D eigenvalue weighted by Crippen LogP contribution is -2.35. The molecule has 3 aliphatic rings. The van der Waals surface area contributed by atoms with E-state index in [1.165, 1.54) is 7.11 Å². The number of carbonyl (C=O) groups excluding carboxylic acids is 2. The van der Waals surface area contributed by atoms with Crippen molar-refractivity contribution in [2.75, 3.05) is 27.3 Å². The number of alkyl halides is 3. The Bertz CT molecular complexity index is 2080. The number of rotatable bonds is 14. The molecule has 55 heavy (non-hydrogen) atoms. The van der Waals surface area contributed by atoms with Gasteiger partial charge in [-0.2, -0.15) is 18.2 Å². The molecule has 2 aromatic carbocycles. The Hall–Kier alpha value is -4.92. The van der Waals surface area contributed by atoms with E-state index in [2.05, 4.69) is 31.2 Å². The Labute approximate surface area is 321 Å². The third-order valence-corrected chi connectivity index (χ3v) is 10.7. The molecule has 3 atom stereocenters. The fourth-order valence-electron chi connectivity index (χ4n) is 7.56. The van der Waals surface area contributed by atoms with Crippen molar-refractivity contribution in [1.82, 2.24) is 31.2 Å². The van der Waals surface area contributed by atoms with Crippen LogP contribution in [-0.4, -0.2) is 61.2 Å². The van der Waals surface area contributed by atoms with Gasteiger partial charge >= 0.3 is 6.18 Å². The van der Waals surface area contributed by atoms with Gasteiger partial charge < -0.3 is 35.5 Å². The zero-order chi connectivity index (χ0) is 38.7. The molecule has 7 rings (SSSR count). The maximum absolute atomic E-state index is 14.5. The molecule has 4 aromatic rings. The van der Waals surface area contributed by atoms with E-state index in [0.717, 1.165) is 45.9 Å². The summed E-state index contributed by atoms with van der Waals surface area (Å²) in [7, 11) is 2.96. The quantitative estimate of drug-likeness (QED) is 0.116. The van der Waals surface area contributed by atoms with Gasteiger partial charge in [-0.25, -0.2) is 0 Å². The zero-order valence-corrected chi connectivity index (χ0v) is 31.2. The third-order valence-electron chi connectivity index (χ3n) is 10.3. The summed E-state index contributed by atoms with van der Waals surface area (Å²) in [6.45, 7) is 1.67. The minimum atomic E-state index is -4.74. The zero-order valence-electron chi connectivity index (χ0n) is 30.4. The van der Waals surface area contributed by atoms with Gasteiger partial charge in [-0.15, -0.1) is 0 Å². The number of carbonyl (C=O) groups is 2. The fraction of sp³-hybridized carbons (Fsp3) is 0.400. The van der Waals surface area contributed by atoms with E-state index in [1.54, 1.807) is 13.3 Å². The van der Waals surface area contributed by atoms with Gasteiger partial charge in [0.05, 0.1) is 24.9 Å². The number of pyridine rings is 2. The molecule has 0 spiro atoms. The van der Waals surface area contributed by atoms with Crippen molar-refractivity contribution in [1.29, 1.82) is 0 Å². The lowest BCUT2D eigenvalue weighted by atomic mass is 9.95. The van der Waals surface area contributed by atoms with E-state index in [0.29, 0.717) is 68.2 Å². The summed E-state index contributed by atoms with van der Waals surface area (Å²) in [6.07, 6.45) is -0.330. The molecular weight excluding hydrogens is 737 g/mol. The van der Waals surface area contributed by atoms with Gasteiger partial charge in [-0.3, -0.25) is 14.6 Å². The normalized spacial score (nSPS) is 19.3. The van der Waals surface area contributed by atoms with Crippen LogP contribution in [0.1, 0.15) is 66.0 Å². The Balaban J connectivity index is 1.10. The number of ether oxygens (including phenoxy) is 3. The summed E-state index contributed by atoms with van der Waals surface area (Å²) >= 11 is 7.09. The van der Waals surface area contributed by atoms with E-state index in [-0.39, 0.29) is 41.9 Å². The van der Waals surface area contributed by atoms with Crippen LogP contribution in [0.15, 0.2) is 54.7 Å². The molecular formula is C40H42ClF3N6O5. The second kappa shape index (κ2) is 16.4. The number of halogens is 4. The van der Waals surface area contributed by atoms with Crippen LogP contribution in [0.5, 0.6) is 17.5 Å². The average Bonchev–Trinajstić information content (AvgIpc) is 3.91. The van der Waals surface area contributed by atoms with Crippen LogP contribution in [-0.2, 0) is 35.3 Å². The van der Waals surface area contributed by atoms with Crippen molar-refractivity contribution >= 4 is 23.4 Å². The summed E-state index contributed by atoms with van der Waals surface area (Å²) < 4.78 is 60.7. The summed E-state index contributed by atoms with van der Waals surface area (Å²) in [4.78, 5) is 31.9. The predicted molar refractivity (Wildman–Crippen MR) is 200 cm³/mol. The SMILES string of the molecule is COc1cc(-c2nccc(-c3cccc4c3CC[C@H]4Oc3nc(OC)c(CNCC4CCC(=O)N4)cc3C(F)(F)F)c2Cl)ccc1CNCC1CCC(=O)N1. The molecule has 4 heterocycles. The van der Waals surface area contributed by atoms with Crippen molar-refractivity contribution in [2.45, 2.75) is 76.0 Å². The molecule has 15 heteroatoms. The van der Waals surface area contributed by atoms with Crippen LogP contribution in [0.3, 0.4) is 0 Å². The first-order valence-electron chi connectivity index (χ1n) is 18.3. The van der Waals surface area contributed by atoms with Crippen LogP contribution in [0, 0.1) is 0 Å². The molecule has 2 fully saturated rings. The van der Waals surface area contributed by atoms with Crippen LogP contribution in [0.2, 0.25) is 5.02 Å². The molecule has 2 saturated heterocycles. The van der Waals surface area contributed by atoms with Crippen LogP contribution in [0.4, 0.5) is 13.2 Å². The largest absolute Gasteiger partial charge is 0.496 e. The smallest absolute Gasteiger partial charge is 0.421 e. The highest BCUT2D eigenvalue weighted by Gasteiger charge is 2.39. The van der Waals surface area contributed by atoms with Crippen molar-refractivity contribution in [3.63, 3.8) is 0 Å². The predicted octanol–water partition coefficient (Wildman–Crippen LogP) is 6.30. The van der Waals surface area contributed by atoms with Gasteiger partial charge in [0.2, 0.25) is 23.6 Å². The van der Waals surface area contributed by atoms with E-state index < -0.39 is 23.7 Å². The minimum Gasteiger partial charge on any atom is -0.496 e. The number of hydrogen-bond donors (Lipinski definition) is 4. The number of amides is 2. The van der Waals surface area contributed by atoms with Crippen molar-refractivity contribution in [2.24, 2.45) is 0 Å². The molecule has 2 aromatic heterocycles. The van der Waals surface area contributed by atoms with Crippen molar-refractivity contribution in [3.05, 3.63) is 87.6 Å². The standard InChI is InChI=1S/C40H42ClF3N6O5/c1-53-33-17-22(6-7-23(33)18-45-20-25-8-12-34(51)48-25)37-36(41)30(14-15-47-37)27-4-3-5-29-28(27)10-11-32(29)55-39-31(40(42,43)44)16-24(38(50-39)54-2)19-46-21-26-9-13-35(52)49-26/h3-7,14-17,25-26,32,45-46H,8-13,18-21H2,1-2H3,(H,48,51)(H,49,52)/t25?,26?,32-/m1/s1. The highest BCUT2D eigenvalue weighted by atomic mass is 35.5. The number of nitrogens with zero attached hydrogens (tertiary/aromatic N) is 2. The van der Waals surface area contributed by atoms with Gasteiger partial charge in [-0.1, -0.05) is 41.9 Å². The molecule has 1 aliphatic carbocycles. The van der Waals surface area contributed by atoms with E-state index in [1.807, 2.05) is 42.5 Å². The Morgan fingerprint density at radius 1 is 0.836 bits per heavy atom. The Morgan fingerprint density at radius 2 is 1.55 bits per heavy atom. The summed E-state index contributed by atoms with van der Waals surface area (Å²) in [5.41, 5.74) is 4.73. The molecule has 2 unspecified atom stereocenters. The van der Waals surface area contributed by atoms with Gasteiger partial charge in [0.15, 0.2) is 0 Å². The molecule has 0 saturated carbocycles. The molecule has 0 bridgehead atoms. The molecule has 4 N–H and O–H groups in total. The molecule has 0 radical (unpaired) electrons. The lowest BCUT2D eigenvalue weighted by Gasteiger charge is -2.21. The summed E-state index contributed by atoms with van der Waals surface area (Å²) in [6, 6.07) is 14.3. The fourth-order valence-corrected chi connectivity index (χ4v) is 7.88. The van der Waals surface area contributed by atoms with E-state index in [4.69, 9.17) is 25.8 Å². The second-order valence-corrected chi connectivity index (χ2v) is 14.3. The molecule has 2 aliphatic heterocycles. The maximum atomic E-state index is 14.5. The highest BCUT2D eigenvalue weighted by molar-refractivity contribution is 6.35. The number of nitrogens with one attached hydrogen (secondary N) is 4. The highest BCUT2D eigenvalue weighted by Crippen LogP contribution is 2.46. The first-order chi connectivity index (χ1) is 26.5. The summed E-state index contributed by atoms with van der Waals surface area (Å²) in [5.74, 6) is 0.167. The number of fused-ring (bicyclic) bond motifs is 1. The van der Waals surface area contributed by atoms with Gasteiger partial charge in [0.1, 0.15) is 17.4 Å². The van der Waals surface area contributed by atoms with Gasteiger partial charge in [0.25, 0.3) is 0 Å². The summed E-state index contributed by atoms with van der Waals surface area (Å²) in [5, 5.41) is 12.7. The van der Waals surface area contributed by atoms with Crippen LogP contribution < -0.4 is 35.5 Å². The number of benzene rings is 2. The van der Waals surface area contributed by atoms with Gasteiger partial charge in [0, 0.05) is 79.6 Å². The average molecular weight is 779 g/mol. The first kappa shape index (κ1) is 38.4. The van der Waals surface area contributed by atoms with Crippen LogP contribution in [0.25, 0.3) is 22.4 Å². The Morgan fingerprint density at radius 3 is 2.18 bits per heavy atom. The topological polar surface area (TPSA) is 136 Å². The molecule has 290 valence electrons. The Kier molecular flexibility index (Phi) is 11.5. The lowest BCUT2D eigenvalue weighted by molar-refractivity contribution is -0.139. The third kappa shape index (κ3) is 8.51. The number of methoxy groups -OCH3 is 2. The maximum Gasteiger partial charge on any atom is 0.421 e. The molecule has 11 nitrogen and oxygen atoms in total. The minimum absolute atomic E-state index is 0.0222.